The molecule has 2 aromatic rings. The van der Waals surface area contributed by atoms with Crippen LogP contribution in [0, 0.1) is 0 Å². The molecule has 1 heterocycles. The quantitative estimate of drug-likeness (QED) is 0.594. The Morgan fingerprint density at radius 3 is 2.52 bits per heavy atom. The minimum Gasteiger partial charge on any atom is -0.484 e. The number of aromatic nitrogens is 1. The van der Waals surface area contributed by atoms with Crippen molar-refractivity contribution in [1.82, 2.24) is 15.2 Å². The molecule has 0 aliphatic heterocycles. The van der Waals surface area contributed by atoms with Crippen LogP contribution < -0.4 is 15.4 Å². The van der Waals surface area contributed by atoms with Crippen molar-refractivity contribution < 1.29 is 17.9 Å². The molecule has 0 spiro atoms. The third kappa shape index (κ3) is 6.78. The van der Waals surface area contributed by atoms with Crippen molar-refractivity contribution in [3.63, 3.8) is 0 Å². The van der Waals surface area contributed by atoms with E-state index in [1.54, 1.807) is 25.2 Å². The third-order valence-corrected chi connectivity index (χ3v) is 3.36. The van der Waals surface area contributed by atoms with Gasteiger partial charge in [-0.25, -0.2) is 0 Å². The maximum absolute atomic E-state index is 12.3. The lowest BCUT2D eigenvalue weighted by Crippen LogP contribution is -2.38. The SMILES string of the molecule is CN=C(NCCn1cccc1)NCc1ccccc1OCC(F)(F)F. The van der Waals surface area contributed by atoms with E-state index < -0.39 is 12.8 Å². The molecule has 0 aliphatic carbocycles. The van der Waals surface area contributed by atoms with Gasteiger partial charge in [-0.3, -0.25) is 4.99 Å². The van der Waals surface area contributed by atoms with E-state index in [-0.39, 0.29) is 5.75 Å². The molecule has 2 N–H and O–H groups in total. The molecule has 0 bridgehead atoms. The molecule has 0 saturated carbocycles. The maximum atomic E-state index is 12.3. The van der Waals surface area contributed by atoms with Gasteiger partial charge in [-0.05, 0) is 18.2 Å². The summed E-state index contributed by atoms with van der Waals surface area (Å²) in [4.78, 5) is 4.10. The Balaban J connectivity index is 1.84. The molecule has 0 amide bonds. The van der Waals surface area contributed by atoms with Gasteiger partial charge in [0, 0.05) is 44.6 Å². The number of hydrogen-bond donors (Lipinski definition) is 2. The van der Waals surface area contributed by atoms with Crippen molar-refractivity contribution in [2.24, 2.45) is 4.99 Å². The lowest BCUT2D eigenvalue weighted by atomic mass is 10.2. The van der Waals surface area contributed by atoms with Crippen molar-refractivity contribution in [3.05, 3.63) is 54.4 Å². The Kier molecular flexibility index (Phi) is 6.73. The normalized spacial score (nSPS) is 12.1. The predicted molar refractivity (Wildman–Crippen MR) is 90.6 cm³/mol. The second kappa shape index (κ2) is 9.00. The van der Waals surface area contributed by atoms with Crippen molar-refractivity contribution in [2.45, 2.75) is 19.3 Å². The van der Waals surface area contributed by atoms with E-state index in [1.807, 2.05) is 29.1 Å². The van der Waals surface area contributed by atoms with Crippen molar-refractivity contribution in [2.75, 3.05) is 20.2 Å². The van der Waals surface area contributed by atoms with Crippen LogP contribution in [-0.4, -0.2) is 36.9 Å². The van der Waals surface area contributed by atoms with E-state index in [0.29, 0.717) is 24.6 Å². The van der Waals surface area contributed by atoms with Gasteiger partial charge in [0.1, 0.15) is 5.75 Å². The Bertz CT molecular complexity index is 669. The highest BCUT2D eigenvalue weighted by atomic mass is 19.4. The molecule has 25 heavy (non-hydrogen) atoms. The lowest BCUT2D eigenvalue weighted by molar-refractivity contribution is -0.153. The summed E-state index contributed by atoms with van der Waals surface area (Å²) in [6.45, 7) is 0.435. The summed E-state index contributed by atoms with van der Waals surface area (Å²) in [6.07, 6.45) is -0.436. The Morgan fingerprint density at radius 2 is 1.84 bits per heavy atom. The van der Waals surface area contributed by atoms with Gasteiger partial charge in [-0.2, -0.15) is 13.2 Å². The number of halogens is 3. The van der Waals surface area contributed by atoms with Crippen LogP contribution in [0.5, 0.6) is 5.75 Å². The summed E-state index contributed by atoms with van der Waals surface area (Å²) < 4.78 is 43.9. The number of guanidine groups is 1. The Hall–Kier alpha value is -2.64. The maximum Gasteiger partial charge on any atom is 0.422 e. The number of aliphatic imine (C=N–C) groups is 1. The highest BCUT2D eigenvalue weighted by Crippen LogP contribution is 2.21. The van der Waals surface area contributed by atoms with Crippen LogP contribution in [0.25, 0.3) is 0 Å². The minimum absolute atomic E-state index is 0.204. The van der Waals surface area contributed by atoms with Crippen molar-refractivity contribution in [1.29, 1.82) is 0 Å². The van der Waals surface area contributed by atoms with E-state index in [1.165, 1.54) is 6.07 Å². The average Bonchev–Trinajstić information content (AvgIpc) is 3.09. The van der Waals surface area contributed by atoms with Gasteiger partial charge in [0.25, 0.3) is 0 Å². The van der Waals surface area contributed by atoms with E-state index in [9.17, 15) is 13.2 Å². The molecule has 2 rings (SSSR count). The Morgan fingerprint density at radius 1 is 1.12 bits per heavy atom. The fraction of sp³-hybridized carbons (Fsp3) is 0.353. The fourth-order valence-electron chi connectivity index (χ4n) is 2.17. The molecule has 0 aliphatic rings. The smallest absolute Gasteiger partial charge is 0.422 e. The van der Waals surface area contributed by atoms with E-state index >= 15 is 0 Å². The molecular formula is C17H21F3N4O. The molecular weight excluding hydrogens is 333 g/mol. The van der Waals surface area contributed by atoms with Gasteiger partial charge in [0.05, 0.1) is 0 Å². The van der Waals surface area contributed by atoms with Gasteiger partial charge >= 0.3 is 6.18 Å². The van der Waals surface area contributed by atoms with Crippen LogP contribution in [0.3, 0.4) is 0 Å². The fourth-order valence-corrected chi connectivity index (χ4v) is 2.17. The summed E-state index contributed by atoms with van der Waals surface area (Å²) in [7, 11) is 1.64. The van der Waals surface area contributed by atoms with E-state index in [2.05, 4.69) is 15.6 Å². The first-order valence-corrected chi connectivity index (χ1v) is 7.80. The molecule has 0 unspecified atom stereocenters. The predicted octanol–water partition coefficient (Wildman–Crippen LogP) is 2.79. The number of rotatable bonds is 7. The minimum atomic E-state index is -4.36. The van der Waals surface area contributed by atoms with E-state index in [4.69, 9.17) is 4.74 Å². The standard InChI is InChI=1S/C17H21F3N4O/c1-21-16(22-8-11-24-9-4-5-10-24)23-12-14-6-2-3-7-15(14)25-13-17(18,19)20/h2-7,9-10H,8,11-13H2,1H3,(H2,21,22,23). The number of hydrogen-bond acceptors (Lipinski definition) is 2. The zero-order chi connectivity index (χ0) is 18.1. The molecule has 0 saturated heterocycles. The summed E-state index contributed by atoms with van der Waals surface area (Å²) >= 11 is 0. The highest BCUT2D eigenvalue weighted by Gasteiger charge is 2.28. The largest absolute Gasteiger partial charge is 0.484 e. The number of alkyl halides is 3. The molecule has 0 fully saturated rings. The second-order valence-electron chi connectivity index (χ2n) is 5.28. The zero-order valence-electron chi connectivity index (χ0n) is 13.9. The second-order valence-corrected chi connectivity index (χ2v) is 5.28. The molecule has 8 heteroatoms. The third-order valence-electron chi connectivity index (χ3n) is 3.36. The van der Waals surface area contributed by atoms with Crippen LogP contribution in [-0.2, 0) is 13.1 Å². The van der Waals surface area contributed by atoms with Gasteiger partial charge in [0.15, 0.2) is 12.6 Å². The topological polar surface area (TPSA) is 50.6 Å². The number of para-hydroxylation sites is 1. The first kappa shape index (κ1) is 18.7. The number of benzene rings is 1. The monoisotopic (exact) mass is 354 g/mol. The summed E-state index contributed by atoms with van der Waals surface area (Å²) in [5, 5.41) is 6.22. The van der Waals surface area contributed by atoms with Crippen LogP contribution in [0.15, 0.2) is 53.8 Å². The number of nitrogens with one attached hydrogen (secondary N) is 2. The van der Waals surface area contributed by atoms with Gasteiger partial charge in [-0.15, -0.1) is 0 Å². The molecule has 136 valence electrons. The molecule has 5 nitrogen and oxygen atoms in total. The van der Waals surface area contributed by atoms with Crippen molar-refractivity contribution in [3.8, 4) is 5.75 Å². The molecule has 0 atom stereocenters. The van der Waals surface area contributed by atoms with Crippen LogP contribution in [0.2, 0.25) is 0 Å². The zero-order valence-corrected chi connectivity index (χ0v) is 13.9. The van der Waals surface area contributed by atoms with Gasteiger partial charge in [0.2, 0.25) is 0 Å². The lowest BCUT2D eigenvalue weighted by Gasteiger charge is -2.15. The first-order chi connectivity index (χ1) is 12.0. The summed E-state index contributed by atoms with van der Waals surface area (Å²) in [6, 6.07) is 10.5. The number of nitrogens with zero attached hydrogens (tertiary/aromatic N) is 2. The highest BCUT2D eigenvalue weighted by molar-refractivity contribution is 5.79. The average molecular weight is 354 g/mol. The van der Waals surface area contributed by atoms with Gasteiger partial charge in [-0.1, -0.05) is 18.2 Å². The Labute approximate surface area is 144 Å². The van der Waals surface area contributed by atoms with Crippen LogP contribution in [0.4, 0.5) is 13.2 Å². The molecule has 1 aromatic heterocycles. The molecule has 1 aromatic carbocycles. The van der Waals surface area contributed by atoms with E-state index in [0.717, 1.165) is 6.54 Å². The van der Waals surface area contributed by atoms with Crippen LogP contribution in [0.1, 0.15) is 5.56 Å². The molecule has 0 radical (unpaired) electrons. The van der Waals surface area contributed by atoms with Crippen LogP contribution >= 0.6 is 0 Å². The van der Waals surface area contributed by atoms with Gasteiger partial charge < -0.3 is 19.9 Å². The summed E-state index contributed by atoms with van der Waals surface area (Å²) in [5.74, 6) is 0.771. The van der Waals surface area contributed by atoms with Crippen molar-refractivity contribution >= 4 is 5.96 Å². The first-order valence-electron chi connectivity index (χ1n) is 7.80. The summed E-state index contributed by atoms with van der Waals surface area (Å²) in [5.41, 5.74) is 0.625. The number of ether oxygens (including phenoxy) is 1.